The Labute approximate surface area is 119 Å². The van der Waals surface area contributed by atoms with Crippen molar-refractivity contribution in [2.75, 3.05) is 0 Å². The van der Waals surface area contributed by atoms with Gasteiger partial charge in [0.2, 0.25) is 0 Å². The molecule has 106 valence electrons. The largest absolute Gasteiger partial charge is 0.323 e. The van der Waals surface area contributed by atoms with E-state index in [2.05, 4.69) is 0 Å². The van der Waals surface area contributed by atoms with Crippen molar-refractivity contribution in [2.24, 2.45) is 0 Å². The fraction of sp³-hybridized carbons (Fsp3) is 0.333. The van der Waals surface area contributed by atoms with E-state index >= 15 is 0 Å². The maximum atomic E-state index is 13.9. The van der Waals surface area contributed by atoms with Gasteiger partial charge in [0.05, 0.1) is 5.56 Å². The molecule has 1 aromatic carbocycles. The van der Waals surface area contributed by atoms with Gasteiger partial charge in [0.25, 0.3) is 4.58 Å². The summed E-state index contributed by atoms with van der Waals surface area (Å²) in [7, 11) is 0. The zero-order valence-corrected chi connectivity index (χ0v) is 11.4. The highest BCUT2D eigenvalue weighted by Gasteiger charge is 2.75. The molecular formula is C9BrCl2F7. The summed E-state index contributed by atoms with van der Waals surface area (Å²) in [5.41, 5.74) is -3.75. The minimum absolute atomic E-state index is 1.68. The van der Waals surface area contributed by atoms with Crippen LogP contribution in [0, 0.1) is 23.3 Å². The van der Waals surface area contributed by atoms with Gasteiger partial charge in [-0.05, 0) is 15.9 Å². The van der Waals surface area contributed by atoms with Crippen LogP contribution < -0.4 is 0 Å². The van der Waals surface area contributed by atoms with Crippen LogP contribution >= 0.6 is 39.1 Å². The van der Waals surface area contributed by atoms with E-state index in [0.717, 1.165) is 0 Å². The summed E-state index contributed by atoms with van der Waals surface area (Å²) in [6.45, 7) is 0. The third-order valence-electron chi connectivity index (χ3n) is 2.68. The summed E-state index contributed by atoms with van der Waals surface area (Å²) in [6.07, 6.45) is 0. The number of hydrogen-bond acceptors (Lipinski definition) is 0. The quantitative estimate of drug-likeness (QED) is 0.251. The highest BCUT2D eigenvalue weighted by molar-refractivity contribution is 9.10. The first-order chi connectivity index (χ1) is 8.39. The fourth-order valence-electron chi connectivity index (χ4n) is 1.73. The third-order valence-corrected chi connectivity index (χ3v) is 5.13. The van der Waals surface area contributed by atoms with Crippen molar-refractivity contribution < 1.29 is 30.7 Å². The van der Waals surface area contributed by atoms with Gasteiger partial charge in [-0.15, -0.1) is 0 Å². The number of benzene rings is 1. The third kappa shape index (κ3) is 1.53. The zero-order chi connectivity index (χ0) is 15.0. The van der Waals surface area contributed by atoms with E-state index in [9.17, 15) is 30.7 Å². The van der Waals surface area contributed by atoms with E-state index in [1.165, 1.54) is 0 Å². The van der Waals surface area contributed by atoms with Gasteiger partial charge in [-0.2, -0.15) is 8.78 Å². The van der Waals surface area contributed by atoms with E-state index in [4.69, 9.17) is 23.2 Å². The molecule has 2 rings (SSSR count). The molecule has 1 atom stereocenters. The van der Waals surface area contributed by atoms with Crippen LogP contribution in [0.15, 0.2) is 0 Å². The van der Waals surface area contributed by atoms with Crippen molar-refractivity contribution in [3.05, 3.63) is 34.4 Å². The van der Waals surface area contributed by atoms with Crippen LogP contribution in [0.2, 0.25) is 0 Å². The summed E-state index contributed by atoms with van der Waals surface area (Å²) in [5.74, 6) is -14.5. The van der Waals surface area contributed by atoms with Crippen molar-refractivity contribution in [3.63, 3.8) is 0 Å². The minimum Gasteiger partial charge on any atom is -0.220 e. The lowest BCUT2D eigenvalue weighted by molar-refractivity contribution is -0.0885. The normalized spacial score (nSPS) is 27.5. The van der Waals surface area contributed by atoms with Gasteiger partial charge < -0.3 is 0 Å². The van der Waals surface area contributed by atoms with Crippen molar-refractivity contribution in [2.45, 2.75) is 14.8 Å². The van der Waals surface area contributed by atoms with Crippen LogP contribution in [0.25, 0.3) is 0 Å². The Morgan fingerprint density at radius 3 is 1.53 bits per heavy atom. The molecule has 1 aromatic rings. The summed E-state index contributed by atoms with van der Waals surface area (Å²) in [5, 5.41) is 0. The lowest BCUT2D eigenvalue weighted by atomic mass is 10.1. The lowest BCUT2D eigenvalue weighted by Gasteiger charge is -2.28. The summed E-state index contributed by atoms with van der Waals surface area (Å²) < 4.78 is 86.6. The number of fused-ring (bicyclic) bond motifs is 1. The first-order valence-corrected chi connectivity index (χ1v) is 5.94. The number of halogens is 10. The van der Waals surface area contributed by atoms with E-state index < -0.39 is 49.2 Å². The molecule has 0 fully saturated rings. The monoisotopic (exact) mass is 390 g/mol. The molecule has 0 saturated carbocycles. The van der Waals surface area contributed by atoms with E-state index in [1.807, 2.05) is 15.9 Å². The Morgan fingerprint density at radius 1 is 0.737 bits per heavy atom. The van der Waals surface area contributed by atoms with Crippen LogP contribution in [0.1, 0.15) is 11.1 Å². The summed E-state index contributed by atoms with van der Waals surface area (Å²) >= 11 is 12.3. The second-order valence-corrected chi connectivity index (χ2v) is 6.15. The molecule has 10 heteroatoms. The SMILES string of the molecule is Fc1c(F)c(F)c2c(c1F)C(F)(F)C(F)(Br)C2(Cl)Cl. The highest BCUT2D eigenvalue weighted by Crippen LogP contribution is 2.68. The summed E-state index contributed by atoms with van der Waals surface area (Å²) in [6, 6.07) is 0. The standard InChI is InChI=1S/C9BrCl2F7/c10-9(19)7(11,12)1-2(8(9,17)18)4(14)6(16)5(15)3(1)13. The van der Waals surface area contributed by atoms with E-state index in [1.54, 1.807) is 0 Å². The topological polar surface area (TPSA) is 0 Å². The molecule has 19 heavy (non-hydrogen) atoms. The Hall–Kier alpha value is -0.210. The first kappa shape index (κ1) is 15.2. The molecule has 1 aliphatic carbocycles. The predicted octanol–water partition coefficient (Wildman–Crippen LogP) is 5.04. The summed E-state index contributed by atoms with van der Waals surface area (Å²) in [4.78, 5) is 0. The molecule has 0 amide bonds. The molecule has 0 saturated heterocycles. The second-order valence-electron chi connectivity index (χ2n) is 3.73. The molecule has 0 bridgehead atoms. The average Bonchev–Trinajstić information content (AvgIpc) is 2.39. The number of alkyl halides is 6. The molecule has 0 aromatic heterocycles. The Balaban J connectivity index is 3.02. The Bertz CT molecular complexity index is 536. The molecule has 1 aliphatic rings. The first-order valence-electron chi connectivity index (χ1n) is 4.39. The van der Waals surface area contributed by atoms with Crippen LogP contribution in [0.5, 0.6) is 0 Å². The van der Waals surface area contributed by atoms with Gasteiger partial charge in [0.15, 0.2) is 27.6 Å². The van der Waals surface area contributed by atoms with Crippen molar-refractivity contribution in [1.82, 2.24) is 0 Å². The molecule has 0 nitrogen and oxygen atoms in total. The highest BCUT2D eigenvalue weighted by atomic mass is 79.9. The van der Waals surface area contributed by atoms with Crippen molar-refractivity contribution in [3.8, 4) is 0 Å². The average molecular weight is 392 g/mol. The molecular weight excluding hydrogens is 392 g/mol. The van der Waals surface area contributed by atoms with Gasteiger partial charge in [-0.3, -0.25) is 0 Å². The van der Waals surface area contributed by atoms with Crippen molar-refractivity contribution in [1.29, 1.82) is 0 Å². The van der Waals surface area contributed by atoms with E-state index in [0.29, 0.717) is 0 Å². The van der Waals surface area contributed by atoms with Gasteiger partial charge in [-0.1, -0.05) is 23.2 Å². The van der Waals surface area contributed by atoms with Crippen LogP contribution in [0.4, 0.5) is 30.7 Å². The molecule has 0 heterocycles. The Kier molecular flexibility index (Phi) is 3.13. The molecule has 0 N–H and O–H groups in total. The number of rotatable bonds is 0. The fourth-order valence-corrected chi connectivity index (χ4v) is 2.72. The van der Waals surface area contributed by atoms with E-state index in [-0.39, 0.29) is 0 Å². The number of hydrogen-bond donors (Lipinski definition) is 0. The van der Waals surface area contributed by atoms with Gasteiger partial charge in [-0.25, -0.2) is 22.0 Å². The maximum Gasteiger partial charge on any atom is 0.323 e. The molecule has 0 spiro atoms. The maximum absolute atomic E-state index is 13.9. The predicted molar refractivity (Wildman–Crippen MR) is 56.3 cm³/mol. The van der Waals surface area contributed by atoms with Crippen molar-refractivity contribution >= 4 is 39.1 Å². The molecule has 0 aliphatic heterocycles. The minimum atomic E-state index is -4.81. The van der Waals surface area contributed by atoms with Crippen LogP contribution in [-0.4, -0.2) is 4.58 Å². The zero-order valence-electron chi connectivity index (χ0n) is 8.28. The Morgan fingerprint density at radius 2 is 1.11 bits per heavy atom. The second kappa shape index (κ2) is 3.92. The van der Waals surface area contributed by atoms with Crippen LogP contribution in [-0.2, 0) is 10.3 Å². The molecule has 0 radical (unpaired) electrons. The van der Waals surface area contributed by atoms with Gasteiger partial charge >= 0.3 is 5.92 Å². The molecule has 1 unspecified atom stereocenters. The smallest absolute Gasteiger partial charge is 0.220 e. The lowest BCUT2D eigenvalue weighted by Crippen LogP contribution is -2.41. The van der Waals surface area contributed by atoms with Gasteiger partial charge in [0.1, 0.15) is 0 Å². The van der Waals surface area contributed by atoms with Gasteiger partial charge in [0, 0.05) is 5.56 Å². The van der Waals surface area contributed by atoms with Crippen LogP contribution in [0.3, 0.4) is 0 Å².